The van der Waals surface area contributed by atoms with Gasteiger partial charge in [-0.1, -0.05) is 70.0 Å². The van der Waals surface area contributed by atoms with Crippen molar-refractivity contribution in [2.24, 2.45) is 0 Å². The van der Waals surface area contributed by atoms with Crippen molar-refractivity contribution in [3.05, 3.63) is 86.1 Å². The van der Waals surface area contributed by atoms with E-state index in [1.54, 1.807) is 0 Å². The molecule has 0 saturated carbocycles. The molecule has 25 heavy (non-hydrogen) atoms. The molecule has 125 valence electrons. The molecule has 2 aromatic carbocycles. The van der Waals surface area contributed by atoms with Crippen molar-refractivity contribution >= 4 is 17.2 Å². The molecule has 0 amide bonds. The van der Waals surface area contributed by atoms with Crippen molar-refractivity contribution in [2.75, 3.05) is 0 Å². The fourth-order valence-electron chi connectivity index (χ4n) is 3.72. The molecule has 3 heteroatoms. The molecule has 0 spiro atoms. The number of rotatable bonds is 1. The van der Waals surface area contributed by atoms with Gasteiger partial charge in [0.2, 0.25) is 0 Å². The fourth-order valence-corrected chi connectivity index (χ4v) is 3.72. The second kappa shape index (κ2) is 8.67. The Hall–Kier alpha value is -0.877. The number of hydrogen-bond donors (Lipinski definition) is 0. The Bertz CT molecular complexity index is 1070. The predicted octanol–water partition coefficient (Wildman–Crippen LogP) is -2.16. The second-order valence-corrected chi connectivity index (χ2v) is 6.36. The van der Waals surface area contributed by atoms with Gasteiger partial charge in [0.15, 0.2) is 0 Å². The minimum atomic E-state index is 0. The van der Waals surface area contributed by atoms with Crippen LogP contribution in [0.3, 0.4) is 0 Å². The normalized spacial score (nSPS) is 12.7. The first kappa shape index (κ1) is 22.2. The molecular weight excluding hydrogens is 426 g/mol. The predicted molar refractivity (Wildman–Crippen MR) is 93.5 cm³/mol. The van der Waals surface area contributed by atoms with Gasteiger partial charge in [-0.05, 0) is 27.2 Å². The van der Waals surface area contributed by atoms with Gasteiger partial charge in [-0.3, -0.25) is 0 Å². The molecule has 0 bridgehead atoms. The van der Waals surface area contributed by atoms with Crippen LogP contribution >= 0.6 is 0 Å². The zero-order chi connectivity index (χ0) is 15.3. The number of halogens is 2. The average molecular weight is 446 g/mol. The molecular formula is C22H19Cl2Zr. The molecule has 4 rings (SSSR count). The van der Waals surface area contributed by atoms with Crippen LogP contribution in [-0.4, -0.2) is 0 Å². The summed E-state index contributed by atoms with van der Waals surface area (Å²) in [5, 5.41) is 5.26. The Morgan fingerprint density at radius 2 is 1.76 bits per heavy atom. The van der Waals surface area contributed by atoms with Gasteiger partial charge in [0, 0.05) is 0 Å². The summed E-state index contributed by atoms with van der Waals surface area (Å²) >= 11 is 0. The third-order valence-electron chi connectivity index (χ3n) is 4.59. The smallest absolute Gasteiger partial charge is 1.00 e. The zero-order valence-electron chi connectivity index (χ0n) is 14.6. The molecule has 0 fully saturated rings. The van der Waals surface area contributed by atoms with Gasteiger partial charge in [0.1, 0.15) is 0 Å². The maximum atomic E-state index is 3.66. The molecule has 2 aromatic rings. The molecule has 1 radical (unpaired) electrons. The van der Waals surface area contributed by atoms with E-state index in [0.29, 0.717) is 0 Å². The van der Waals surface area contributed by atoms with Crippen LogP contribution in [0.4, 0.5) is 0 Å². The molecule has 0 heterocycles. The first-order valence-electron chi connectivity index (χ1n) is 7.87. The van der Waals surface area contributed by atoms with Gasteiger partial charge in [-0.25, -0.2) is 0 Å². The molecule has 0 atom stereocenters. The maximum absolute atomic E-state index is 3.66. The quantitative estimate of drug-likeness (QED) is 0.375. The summed E-state index contributed by atoms with van der Waals surface area (Å²) in [6.45, 7) is 6.66. The summed E-state index contributed by atoms with van der Waals surface area (Å²) in [6, 6.07) is 10.9. The first-order chi connectivity index (χ1) is 10.7. The Kier molecular flexibility index (Phi) is 7.69. The van der Waals surface area contributed by atoms with E-state index in [2.05, 4.69) is 75.4 Å². The molecule has 0 saturated heterocycles. The number of hydrogen-bond acceptors (Lipinski definition) is 0. The standard InChI is InChI=1S/C22H19.2ClH.Zr/c1-14(2)21-15(3)12-19-18-11-7-6-10-17(18)13-20(19)22(21)16-8-4-5-9-16;;;/h4-8,10-12H,9H2,1-3H3;2*1H;/q-1;;;+3/p-2. The van der Waals surface area contributed by atoms with E-state index in [9.17, 15) is 0 Å². The minimum Gasteiger partial charge on any atom is -1.00 e. The minimum absolute atomic E-state index is 0. The van der Waals surface area contributed by atoms with Crippen molar-refractivity contribution in [3.63, 3.8) is 0 Å². The van der Waals surface area contributed by atoms with Crippen LogP contribution in [0.1, 0.15) is 37.0 Å². The molecule has 0 unspecified atom stereocenters. The van der Waals surface area contributed by atoms with Crippen molar-refractivity contribution < 1.29 is 51.0 Å². The van der Waals surface area contributed by atoms with E-state index in [4.69, 9.17) is 0 Å². The fraction of sp³-hybridized carbons (Fsp3) is 0.182. The van der Waals surface area contributed by atoms with Crippen LogP contribution in [0.25, 0.3) is 17.2 Å². The molecule has 0 aliphatic heterocycles. The molecule has 2 aliphatic rings. The monoisotopic (exact) mass is 443 g/mol. The van der Waals surface area contributed by atoms with Crippen LogP contribution in [0.2, 0.25) is 0 Å². The van der Waals surface area contributed by atoms with Crippen LogP contribution in [0.15, 0.2) is 48.6 Å². The van der Waals surface area contributed by atoms with Gasteiger partial charge in [-0.2, -0.15) is 0 Å². The maximum Gasteiger partial charge on any atom is 3.00 e. The van der Waals surface area contributed by atoms with Crippen molar-refractivity contribution in [3.8, 4) is 0 Å². The number of aryl methyl sites for hydroxylation is 1. The van der Waals surface area contributed by atoms with Crippen molar-refractivity contribution in [1.82, 2.24) is 0 Å². The topological polar surface area (TPSA) is 0 Å². The van der Waals surface area contributed by atoms with E-state index in [1.807, 2.05) is 0 Å². The van der Waals surface area contributed by atoms with E-state index in [0.717, 1.165) is 6.42 Å². The molecule has 0 aromatic heterocycles. The van der Waals surface area contributed by atoms with Gasteiger partial charge < -0.3 is 24.8 Å². The zero-order valence-corrected chi connectivity index (χ0v) is 18.6. The summed E-state index contributed by atoms with van der Waals surface area (Å²) in [6.07, 6.45) is 11.3. The summed E-state index contributed by atoms with van der Waals surface area (Å²) in [5.41, 5.74) is 6.81. The van der Waals surface area contributed by atoms with Crippen molar-refractivity contribution in [2.45, 2.75) is 27.2 Å². The van der Waals surface area contributed by atoms with Gasteiger partial charge in [0.25, 0.3) is 0 Å². The van der Waals surface area contributed by atoms with Gasteiger partial charge in [0.05, 0.1) is 0 Å². The Balaban J connectivity index is 0.00000104. The number of fused-ring (bicyclic) bond motifs is 2. The summed E-state index contributed by atoms with van der Waals surface area (Å²) < 4.78 is 0. The van der Waals surface area contributed by atoms with E-state index >= 15 is 0 Å². The molecule has 2 aliphatic carbocycles. The van der Waals surface area contributed by atoms with E-state index in [1.165, 1.54) is 48.7 Å². The third kappa shape index (κ3) is 3.66. The average Bonchev–Trinajstić information content (AvgIpc) is 3.13. The van der Waals surface area contributed by atoms with Crippen LogP contribution in [0.5, 0.6) is 0 Å². The summed E-state index contributed by atoms with van der Waals surface area (Å²) in [7, 11) is 0. The van der Waals surface area contributed by atoms with Crippen molar-refractivity contribution in [1.29, 1.82) is 0 Å². The molecule has 0 nitrogen and oxygen atoms in total. The first-order valence-corrected chi connectivity index (χ1v) is 7.87. The van der Waals surface area contributed by atoms with Crippen LogP contribution in [0, 0.1) is 17.4 Å². The third-order valence-corrected chi connectivity index (χ3v) is 4.59. The van der Waals surface area contributed by atoms with Gasteiger partial charge in [-0.15, -0.1) is 33.4 Å². The van der Waals surface area contributed by atoms with E-state index in [-0.39, 0.29) is 51.0 Å². The van der Waals surface area contributed by atoms with Gasteiger partial charge >= 0.3 is 26.2 Å². The number of allylic oxidation sites excluding steroid dienone is 4. The molecule has 0 N–H and O–H groups in total. The summed E-state index contributed by atoms with van der Waals surface area (Å²) in [5.74, 6) is 0. The van der Waals surface area contributed by atoms with E-state index < -0.39 is 0 Å². The summed E-state index contributed by atoms with van der Waals surface area (Å²) in [4.78, 5) is 0. The van der Waals surface area contributed by atoms with Crippen LogP contribution in [-0.2, 0) is 26.2 Å². The number of benzene rings is 2. The van der Waals surface area contributed by atoms with Crippen LogP contribution < -0.4 is 35.3 Å². The Morgan fingerprint density at radius 3 is 2.40 bits per heavy atom. The SMILES string of the molecule is CC(C)=c1c(C)cc2c(c1C1=CC=CC1)[C-]=c1ccccc1=2.[Cl-].[Cl-].[Zr+3]. The Morgan fingerprint density at radius 1 is 1.04 bits per heavy atom. The Labute approximate surface area is 180 Å². The largest absolute Gasteiger partial charge is 3.00 e. The second-order valence-electron chi connectivity index (χ2n) is 6.36.